The van der Waals surface area contributed by atoms with Crippen LogP contribution in [0.3, 0.4) is 0 Å². The molecule has 1 aliphatic heterocycles. The first-order valence-electron chi connectivity index (χ1n) is 7.30. The minimum atomic E-state index is 0.105. The molecule has 0 spiro atoms. The van der Waals surface area contributed by atoms with Gasteiger partial charge in [0.15, 0.2) is 0 Å². The molecule has 0 unspecified atom stereocenters. The maximum absolute atomic E-state index is 11.9. The second-order valence-corrected chi connectivity index (χ2v) is 6.66. The molecule has 0 bridgehead atoms. The first-order chi connectivity index (χ1) is 9.63. The van der Waals surface area contributed by atoms with Crippen molar-refractivity contribution in [2.45, 2.75) is 26.7 Å². The van der Waals surface area contributed by atoms with Gasteiger partial charge in [-0.1, -0.05) is 6.07 Å². The van der Waals surface area contributed by atoms with E-state index in [1.807, 2.05) is 12.1 Å². The largest absolute Gasteiger partial charge is 0.325 e. The number of thioether (sulfide) groups is 1. The minimum absolute atomic E-state index is 0.105. The van der Waals surface area contributed by atoms with E-state index < -0.39 is 0 Å². The number of anilines is 1. The summed E-state index contributed by atoms with van der Waals surface area (Å²) in [6.45, 7) is 6.35. The number of hydrogen-bond donors (Lipinski definition) is 2. The van der Waals surface area contributed by atoms with Gasteiger partial charge in [0.05, 0.1) is 5.75 Å². The van der Waals surface area contributed by atoms with Crippen molar-refractivity contribution in [1.29, 1.82) is 0 Å². The van der Waals surface area contributed by atoms with Crippen molar-refractivity contribution < 1.29 is 4.79 Å². The number of aryl methyl sites for hydroxylation is 2. The van der Waals surface area contributed by atoms with Gasteiger partial charge in [-0.05, 0) is 74.7 Å². The predicted octanol–water partition coefficient (Wildman–Crippen LogP) is 2.97. The summed E-state index contributed by atoms with van der Waals surface area (Å²) in [5, 5.41) is 6.36. The Morgan fingerprint density at radius 2 is 1.90 bits per heavy atom. The molecule has 0 radical (unpaired) electrons. The molecule has 1 saturated heterocycles. The SMILES string of the molecule is Cc1cc(C)cc(NC(=O)CSCC2CCNCC2)c1. The van der Waals surface area contributed by atoms with Gasteiger partial charge in [0.2, 0.25) is 5.91 Å². The molecule has 110 valence electrons. The molecule has 1 heterocycles. The average Bonchev–Trinajstić information content (AvgIpc) is 2.38. The third kappa shape index (κ3) is 5.17. The van der Waals surface area contributed by atoms with E-state index in [4.69, 9.17) is 0 Å². The maximum Gasteiger partial charge on any atom is 0.234 e. The first-order valence-corrected chi connectivity index (χ1v) is 8.45. The van der Waals surface area contributed by atoms with Gasteiger partial charge >= 0.3 is 0 Å². The normalized spacial score (nSPS) is 16.1. The Hall–Kier alpha value is -1.00. The molecule has 20 heavy (non-hydrogen) atoms. The Morgan fingerprint density at radius 1 is 1.25 bits per heavy atom. The van der Waals surface area contributed by atoms with E-state index in [2.05, 4.69) is 30.5 Å². The van der Waals surface area contributed by atoms with E-state index in [1.54, 1.807) is 11.8 Å². The van der Waals surface area contributed by atoms with Gasteiger partial charge in [0.1, 0.15) is 0 Å². The van der Waals surface area contributed by atoms with E-state index in [-0.39, 0.29) is 5.91 Å². The van der Waals surface area contributed by atoms with Crippen LogP contribution in [0, 0.1) is 19.8 Å². The molecule has 0 aromatic heterocycles. The zero-order chi connectivity index (χ0) is 14.4. The Bertz CT molecular complexity index is 436. The zero-order valence-electron chi connectivity index (χ0n) is 12.4. The van der Waals surface area contributed by atoms with Crippen LogP contribution in [0.4, 0.5) is 5.69 Å². The van der Waals surface area contributed by atoms with E-state index in [0.717, 1.165) is 30.4 Å². The lowest BCUT2D eigenvalue weighted by Crippen LogP contribution is -2.29. The van der Waals surface area contributed by atoms with Crippen LogP contribution in [0.15, 0.2) is 18.2 Å². The van der Waals surface area contributed by atoms with E-state index in [1.165, 1.54) is 24.0 Å². The van der Waals surface area contributed by atoms with Crippen LogP contribution >= 0.6 is 11.8 Å². The van der Waals surface area contributed by atoms with E-state index >= 15 is 0 Å². The lowest BCUT2D eigenvalue weighted by atomic mass is 10.0. The summed E-state index contributed by atoms with van der Waals surface area (Å²) in [4.78, 5) is 11.9. The Kier molecular flexibility index (Phi) is 5.92. The number of piperidine rings is 1. The van der Waals surface area contributed by atoms with Crippen molar-refractivity contribution in [1.82, 2.24) is 5.32 Å². The van der Waals surface area contributed by atoms with Gasteiger partial charge in [0, 0.05) is 5.69 Å². The number of carbonyl (C=O) groups is 1. The fraction of sp³-hybridized carbons (Fsp3) is 0.562. The second kappa shape index (κ2) is 7.70. The Balaban J connectivity index is 1.72. The minimum Gasteiger partial charge on any atom is -0.325 e. The van der Waals surface area contributed by atoms with Crippen LogP contribution in [-0.4, -0.2) is 30.5 Å². The summed E-state index contributed by atoms with van der Waals surface area (Å²) in [6, 6.07) is 6.15. The number of carbonyl (C=O) groups excluding carboxylic acids is 1. The van der Waals surface area contributed by atoms with Crippen molar-refractivity contribution >= 4 is 23.4 Å². The Morgan fingerprint density at radius 3 is 2.55 bits per heavy atom. The van der Waals surface area contributed by atoms with Crippen LogP contribution in [0.1, 0.15) is 24.0 Å². The maximum atomic E-state index is 11.9. The summed E-state index contributed by atoms with van der Waals surface area (Å²) >= 11 is 1.76. The van der Waals surface area contributed by atoms with Gasteiger partial charge in [-0.15, -0.1) is 0 Å². The third-order valence-corrected chi connectivity index (χ3v) is 4.72. The summed E-state index contributed by atoms with van der Waals surface area (Å²) in [5.74, 6) is 2.53. The standard InChI is InChI=1S/C16H24N2OS/c1-12-7-13(2)9-15(8-12)18-16(19)11-20-10-14-3-5-17-6-4-14/h7-9,14,17H,3-6,10-11H2,1-2H3,(H,18,19). The second-order valence-electron chi connectivity index (χ2n) is 5.63. The van der Waals surface area contributed by atoms with Crippen LogP contribution < -0.4 is 10.6 Å². The van der Waals surface area contributed by atoms with E-state index in [0.29, 0.717) is 5.75 Å². The summed E-state index contributed by atoms with van der Waals surface area (Å²) in [6.07, 6.45) is 2.48. The van der Waals surface area contributed by atoms with E-state index in [9.17, 15) is 4.79 Å². The van der Waals surface area contributed by atoms with Gasteiger partial charge < -0.3 is 10.6 Å². The van der Waals surface area contributed by atoms with Crippen molar-refractivity contribution in [2.75, 3.05) is 29.9 Å². The highest BCUT2D eigenvalue weighted by atomic mass is 32.2. The van der Waals surface area contributed by atoms with Gasteiger partial charge in [-0.3, -0.25) is 4.79 Å². The molecule has 0 aliphatic carbocycles. The molecule has 4 heteroatoms. The number of hydrogen-bond acceptors (Lipinski definition) is 3. The molecule has 2 N–H and O–H groups in total. The molecule has 0 saturated carbocycles. The van der Waals surface area contributed by atoms with Gasteiger partial charge in [-0.25, -0.2) is 0 Å². The van der Waals surface area contributed by atoms with Crippen LogP contribution in [0.2, 0.25) is 0 Å². The predicted molar refractivity (Wildman–Crippen MR) is 87.5 cm³/mol. The van der Waals surface area contributed by atoms with Crippen LogP contribution in [0.5, 0.6) is 0 Å². The molecule has 1 aromatic rings. The smallest absolute Gasteiger partial charge is 0.234 e. The molecule has 1 amide bonds. The van der Waals surface area contributed by atoms with Crippen LogP contribution in [0.25, 0.3) is 0 Å². The topological polar surface area (TPSA) is 41.1 Å². The van der Waals surface area contributed by atoms with Crippen molar-refractivity contribution in [3.8, 4) is 0 Å². The Labute approximate surface area is 125 Å². The average molecular weight is 292 g/mol. The molecule has 1 aromatic carbocycles. The highest BCUT2D eigenvalue weighted by Crippen LogP contribution is 2.18. The molecule has 3 nitrogen and oxygen atoms in total. The molecular formula is C16H24N2OS. The monoisotopic (exact) mass is 292 g/mol. The number of rotatable bonds is 5. The number of nitrogens with one attached hydrogen (secondary N) is 2. The highest BCUT2D eigenvalue weighted by molar-refractivity contribution is 7.99. The first kappa shape index (κ1) is 15.4. The van der Waals surface area contributed by atoms with Crippen molar-refractivity contribution in [3.05, 3.63) is 29.3 Å². The van der Waals surface area contributed by atoms with Gasteiger partial charge in [-0.2, -0.15) is 11.8 Å². The molecule has 1 fully saturated rings. The summed E-state index contributed by atoms with van der Waals surface area (Å²) in [7, 11) is 0. The lowest BCUT2D eigenvalue weighted by Gasteiger charge is -2.21. The fourth-order valence-electron chi connectivity index (χ4n) is 2.61. The highest BCUT2D eigenvalue weighted by Gasteiger charge is 2.13. The quantitative estimate of drug-likeness (QED) is 0.876. The van der Waals surface area contributed by atoms with Crippen molar-refractivity contribution in [2.24, 2.45) is 5.92 Å². The van der Waals surface area contributed by atoms with Crippen molar-refractivity contribution in [3.63, 3.8) is 0 Å². The lowest BCUT2D eigenvalue weighted by molar-refractivity contribution is -0.113. The zero-order valence-corrected chi connectivity index (χ0v) is 13.2. The number of benzene rings is 1. The summed E-state index contributed by atoms with van der Waals surface area (Å²) in [5.41, 5.74) is 3.28. The summed E-state index contributed by atoms with van der Waals surface area (Å²) < 4.78 is 0. The number of amides is 1. The third-order valence-electron chi connectivity index (χ3n) is 3.55. The molecule has 2 rings (SSSR count). The van der Waals surface area contributed by atoms with Gasteiger partial charge in [0.25, 0.3) is 0 Å². The van der Waals surface area contributed by atoms with Crippen LogP contribution in [-0.2, 0) is 4.79 Å². The molecule has 0 atom stereocenters. The molecule has 1 aliphatic rings. The molecular weight excluding hydrogens is 268 g/mol. The fourth-order valence-corrected chi connectivity index (χ4v) is 3.65.